The van der Waals surface area contributed by atoms with E-state index >= 15 is 0 Å². The van der Waals surface area contributed by atoms with E-state index < -0.39 is 17.9 Å². The van der Waals surface area contributed by atoms with Crippen LogP contribution in [0, 0.1) is 5.92 Å². The Hall–Kier alpha value is -2.41. The molecule has 0 aromatic heterocycles. The number of esters is 1. The first-order chi connectivity index (χ1) is 11.1. The average molecular weight is 322 g/mol. The smallest absolute Gasteiger partial charge is 0.344 e. The Morgan fingerprint density at radius 1 is 1.09 bits per heavy atom. The molecule has 0 spiro atoms. The van der Waals surface area contributed by atoms with E-state index in [1.807, 2.05) is 0 Å². The number of carbonyl (C=O) groups excluding carboxylic acids is 1. The molecule has 3 rings (SSSR count). The van der Waals surface area contributed by atoms with Crippen molar-refractivity contribution in [3.63, 3.8) is 0 Å². The zero-order chi connectivity index (χ0) is 16.6. The van der Waals surface area contributed by atoms with Crippen LogP contribution in [0.3, 0.4) is 0 Å². The van der Waals surface area contributed by atoms with Crippen LogP contribution in [0.15, 0.2) is 24.5 Å². The van der Waals surface area contributed by atoms with Crippen molar-refractivity contribution < 1.29 is 33.2 Å². The highest BCUT2D eigenvalue weighted by Crippen LogP contribution is 2.57. The van der Waals surface area contributed by atoms with Gasteiger partial charge >= 0.3 is 5.97 Å². The largest absolute Gasteiger partial charge is 0.496 e. The van der Waals surface area contributed by atoms with Crippen LogP contribution in [0.4, 0.5) is 0 Å². The van der Waals surface area contributed by atoms with Crippen LogP contribution in [0.25, 0.3) is 0 Å². The molecule has 0 saturated carbocycles. The second kappa shape index (κ2) is 5.66. The normalized spacial score (nSPS) is 27.5. The predicted octanol–water partition coefficient (Wildman–Crippen LogP) is 1.60. The number of methoxy groups -OCH3 is 4. The molecule has 7 nitrogen and oxygen atoms in total. The minimum atomic E-state index is -1.38. The summed E-state index contributed by atoms with van der Waals surface area (Å²) in [5.74, 6) is 0.481. The summed E-state index contributed by atoms with van der Waals surface area (Å²) in [5, 5.41) is 0. The molecule has 23 heavy (non-hydrogen) atoms. The van der Waals surface area contributed by atoms with Gasteiger partial charge in [-0.05, 0) is 6.08 Å². The highest BCUT2D eigenvalue weighted by atomic mass is 16.7. The van der Waals surface area contributed by atoms with Crippen molar-refractivity contribution in [2.75, 3.05) is 28.4 Å². The van der Waals surface area contributed by atoms with Crippen LogP contribution >= 0.6 is 0 Å². The van der Waals surface area contributed by atoms with Gasteiger partial charge in [-0.2, -0.15) is 0 Å². The van der Waals surface area contributed by atoms with Crippen LogP contribution in [0.5, 0.6) is 17.2 Å². The lowest BCUT2D eigenvalue weighted by molar-refractivity contribution is -0.314. The fourth-order valence-electron chi connectivity index (χ4n) is 3.04. The van der Waals surface area contributed by atoms with E-state index in [9.17, 15) is 4.79 Å². The van der Waals surface area contributed by atoms with Gasteiger partial charge in [-0.15, -0.1) is 0 Å². The zero-order valence-corrected chi connectivity index (χ0v) is 13.3. The third kappa shape index (κ3) is 2.03. The molecule has 2 heterocycles. The maximum Gasteiger partial charge on any atom is 0.344 e. The summed E-state index contributed by atoms with van der Waals surface area (Å²) in [4.78, 5) is 12.6. The molecular weight excluding hydrogens is 304 g/mol. The number of fused-ring (bicyclic) bond motifs is 1. The molecule has 1 fully saturated rings. The lowest BCUT2D eigenvalue weighted by Crippen LogP contribution is -2.61. The first-order valence-corrected chi connectivity index (χ1v) is 7.01. The van der Waals surface area contributed by atoms with E-state index in [0.29, 0.717) is 22.8 Å². The van der Waals surface area contributed by atoms with Gasteiger partial charge in [-0.3, -0.25) is 0 Å². The van der Waals surface area contributed by atoms with Gasteiger partial charge < -0.3 is 28.4 Å². The molecule has 0 bridgehead atoms. The molecular formula is C16H18O7. The molecule has 1 saturated heterocycles. The van der Waals surface area contributed by atoms with Gasteiger partial charge in [0, 0.05) is 12.1 Å². The van der Waals surface area contributed by atoms with Crippen molar-refractivity contribution in [3.05, 3.63) is 30.0 Å². The molecule has 2 aliphatic heterocycles. The highest BCUT2D eigenvalue weighted by molar-refractivity contribution is 5.86. The van der Waals surface area contributed by atoms with E-state index in [0.717, 1.165) is 0 Å². The summed E-state index contributed by atoms with van der Waals surface area (Å²) < 4.78 is 32.2. The standard InChI is InChI=1S/C16H18O7/c1-18-9-7-11(19-2)13(12(8-9)20-3)16(15(17)21-4)10-5-6-22-14(10)23-16/h5-8,10,14H,1-4H3/t10-,14-,16+/m0/s1. The predicted molar refractivity (Wildman–Crippen MR) is 78.4 cm³/mol. The van der Waals surface area contributed by atoms with Crippen molar-refractivity contribution in [1.29, 1.82) is 0 Å². The average Bonchev–Trinajstić information content (AvgIpc) is 2.96. The zero-order valence-electron chi connectivity index (χ0n) is 13.3. The molecule has 0 amide bonds. The summed E-state index contributed by atoms with van der Waals surface area (Å²) in [6, 6.07) is 3.33. The van der Waals surface area contributed by atoms with Gasteiger partial charge in [0.05, 0.1) is 46.2 Å². The monoisotopic (exact) mass is 322 g/mol. The molecule has 2 aliphatic rings. The van der Waals surface area contributed by atoms with Gasteiger partial charge in [0.1, 0.15) is 17.2 Å². The van der Waals surface area contributed by atoms with E-state index in [-0.39, 0.29) is 5.92 Å². The summed E-state index contributed by atoms with van der Waals surface area (Å²) in [7, 11) is 5.84. The third-order valence-corrected chi connectivity index (χ3v) is 4.14. The summed E-state index contributed by atoms with van der Waals surface area (Å²) in [6.45, 7) is 0. The molecule has 0 N–H and O–H groups in total. The van der Waals surface area contributed by atoms with Gasteiger partial charge in [-0.25, -0.2) is 4.79 Å². The molecule has 0 radical (unpaired) electrons. The number of carbonyl (C=O) groups is 1. The Kier molecular flexibility index (Phi) is 3.81. The van der Waals surface area contributed by atoms with Crippen LogP contribution in [-0.2, 0) is 24.6 Å². The highest BCUT2D eigenvalue weighted by Gasteiger charge is 2.66. The van der Waals surface area contributed by atoms with Gasteiger partial charge in [0.25, 0.3) is 0 Å². The Morgan fingerprint density at radius 3 is 2.22 bits per heavy atom. The van der Waals surface area contributed by atoms with Crippen LogP contribution < -0.4 is 14.2 Å². The van der Waals surface area contributed by atoms with E-state index in [4.69, 9.17) is 28.4 Å². The van der Waals surface area contributed by atoms with Crippen molar-refractivity contribution in [1.82, 2.24) is 0 Å². The molecule has 3 atom stereocenters. The summed E-state index contributed by atoms with van der Waals surface area (Å²) in [5.41, 5.74) is -0.929. The first kappa shape index (κ1) is 15.5. The van der Waals surface area contributed by atoms with Crippen molar-refractivity contribution >= 4 is 5.97 Å². The summed E-state index contributed by atoms with van der Waals surface area (Å²) in [6.07, 6.45) is 2.77. The minimum absolute atomic E-state index is 0.328. The maximum absolute atomic E-state index is 12.6. The Morgan fingerprint density at radius 2 is 1.74 bits per heavy atom. The quantitative estimate of drug-likeness (QED) is 0.762. The van der Waals surface area contributed by atoms with Gasteiger partial charge in [-0.1, -0.05) is 0 Å². The van der Waals surface area contributed by atoms with Crippen LogP contribution in [0.1, 0.15) is 5.56 Å². The topological polar surface area (TPSA) is 72.5 Å². The Bertz CT molecular complexity index is 629. The molecule has 0 unspecified atom stereocenters. The van der Waals surface area contributed by atoms with E-state index in [1.54, 1.807) is 18.2 Å². The number of hydrogen-bond acceptors (Lipinski definition) is 7. The lowest BCUT2D eigenvalue weighted by atomic mass is 9.75. The number of ether oxygens (including phenoxy) is 6. The van der Waals surface area contributed by atoms with E-state index in [1.165, 1.54) is 34.7 Å². The fraction of sp³-hybridized carbons (Fsp3) is 0.438. The van der Waals surface area contributed by atoms with Crippen molar-refractivity contribution in [2.45, 2.75) is 11.9 Å². The molecule has 1 aromatic carbocycles. The molecule has 7 heteroatoms. The van der Waals surface area contributed by atoms with E-state index in [2.05, 4.69) is 0 Å². The van der Waals surface area contributed by atoms with Crippen molar-refractivity contribution in [2.24, 2.45) is 5.92 Å². The second-order valence-corrected chi connectivity index (χ2v) is 5.11. The SMILES string of the molecule is COC(=O)[C@@]1(c2c(OC)cc(OC)cc2OC)O[C@@H]2OC=C[C@@H]21. The second-order valence-electron chi connectivity index (χ2n) is 5.11. The first-order valence-electron chi connectivity index (χ1n) is 7.01. The molecule has 1 aromatic rings. The number of benzene rings is 1. The molecule has 0 aliphatic carbocycles. The van der Waals surface area contributed by atoms with Crippen LogP contribution in [-0.4, -0.2) is 40.7 Å². The Balaban J connectivity index is 2.21. The third-order valence-electron chi connectivity index (χ3n) is 4.14. The summed E-state index contributed by atoms with van der Waals surface area (Å²) >= 11 is 0. The minimum Gasteiger partial charge on any atom is -0.496 e. The van der Waals surface area contributed by atoms with Crippen molar-refractivity contribution in [3.8, 4) is 17.2 Å². The lowest BCUT2D eigenvalue weighted by Gasteiger charge is -2.48. The van der Waals surface area contributed by atoms with Gasteiger partial charge in [0.2, 0.25) is 11.9 Å². The number of rotatable bonds is 5. The maximum atomic E-state index is 12.6. The fourth-order valence-corrected chi connectivity index (χ4v) is 3.04. The van der Waals surface area contributed by atoms with Crippen LogP contribution in [0.2, 0.25) is 0 Å². The number of hydrogen-bond donors (Lipinski definition) is 0. The molecule has 124 valence electrons. The van der Waals surface area contributed by atoms with Gasteiger partial charge in [0.15, 0.2) is 0 Å². The Labute approximate surface area is 133 Å².